The molecule has 1 aliphatic carbocycles. The Bertz CT molecular complexity index is 1300. The Morgan fingerprint density at radius 2 is 1.55 bits per heavy atom. The van der Waals surface area contributed by atoms with Crippen LogP contribution in [-0.2, 0) is 17.6 Å². The van der Waals surface area contributed by atoms with E-state index < -0.39 is 12.1 Å². The molecule has 1 aromatic carbocycles. The molecule has 0 bridgehead atoms. The summed E-state index contributed by atoms with van der Waals surface area (Å²) in [7, 11) is 0. The first-order valence-electron chi connectivity index (χ1n) is 11.9. The minimum atomic E-state index is -5.08. The lowest BCUT2D eigenvalue weighted by Gasteiger charge is -2.36. The summed E-state index contributed by atoms with van der Waals surface area (Å²) in [5.74, 6) is -2.26. The Kier molecular flexibility index (Phi) is 8.35. The number of aryl methyl sites for hydroxylation is 2. The van der Waals surface area contributed by atoms with Crippen LogP contribution in [0, 0.1) is 0 Å². The van der Waals surface area contributed by atoms with Crippen LogP contribution in [-0.4, -0.2) is 59.3 Å². The van der Waals surface area contributed by atoms with Gasteiger partial charge >= 0.3 is 12.1 Å². The number of benzene rings is 1. The van der Waals surface area contributed by atoms with E-state index in [2.05, 4.69) is 37.2 Å². The number of hydrogen-bond donors (Lipinski definition) is 2. The van der Waals surface area contributed by atoms with Crippen LogP contribution in [0.5, 0.6) is 0 Å². The molecule has 1 fully saturated rings. The van der Waals surface area contributed by atoms with E-state index in [1.165, 1.54) is 23.2 Å². The van der Waals surface area contributed by atoms with Crippen LogP contribution in [0.4, 0.5) is 30.4 Å². The van der Waals surface area contributed by atoms with E-state index in [0.717, 1.165) is 50.5 Å². The minimum Gasteiger partial charge on any atom is -0.475 e. The van der Waals surface area contributed by atoms with Gasteiger partial charge in [0.05, 0.1) is 5.02 Å². The number of pyridine rings is 2. The first-order valence-corrected chi connectivity index (χ1v) is 12.3. The highest BCUT2D eigenvalue weighted by molar-refractivity contribution is 6.34. The molecule has 3 heterocycles. The van der Waals surface area contributed by atoms with E-state index >= 15 is 0 Å². The number of alkyl halides is 3. The van der Waals surface area contributed by atoms with Gasteiger partial charge in [0.1, 0.15) is 11.5 Å². The predicted octanol–water partition coefficient (Wildman–Crippen LogP) is 4.83. The number of carbonyl (C=O) groups excluding carboxylic acids is 1. The Labute approximate surface area is 222 Å². The highest BCUT2D eigenvalue weighted by atomic mass is 35.5. The second-order valence-electron chi connectivity index (χ2n) is 8.77. The number of aliphatic carboxylic acids is 1. The van der Waals surface area contributed by atoms with Crippen molar-refractivity contribution in [1.29, 1.82) is 0 Å². The maximum absolute atomic E-state index is 12.9. The lowest BCUT2D eigenvalue weighted by molar-refractivity contribution is -0.192. The zero-order chi connectivity index (χ0) is 27.3. The number of anilines is 3. The van der Waals surface area contributed by atoms with Gasteiger partial charge in [0.15, 0.2) is 0 Å². The summed E-state index contributed by atoms with van der Waals surface area (Å²) in [5, 5.41) is 10.5. The SMILES string of the molecule is O=C(Nc1ccc2c(c1)CCC2)c1nc(N2CCN(c3ccncc3)CC2)ccc1Cl.O=C(O)C(F)(F)F. The highest BCUT2D eigenvalue weighted by Gasteiger charge is 2.38. The van der Waals surface area contributed by atoms with Gasteiger partial charge in [0.25, 0.3) is 5.91 Å². The van der Waals surface area contributed by atoms with Crippen LogP contribution in [0.15, 0.2) is 54.9 Å². The van der Waals surface area contributed by atoms with Gasteiger partial charge in [-0.1, -0.05) is 17.7 Å². The van der Waals surface area contributed by atoms with Crippen LogP contribution in [0.3, 0.4) is 0 Å². The molecular weight excluding hydrogens is 523 g/mol. The van der Waals surface area contributed by atoms with Crippen molar-refractivity contribution in [2.75, 3.05) is 41.3 Å². The molecule has 0 saturated carbocycles. The van der Waals surface area contributed by atoms with Crippen molar-refractivity contribution in [3.8, 4) is 0 Å². The predicted molar refractivity (Wildman–Crippen MR) is 138 cm³/mol. The molecule has 1 saturated heterocycles. The lowest BCUT2D eigenvalue weighted by atomic mass is 10.1. The summed E-state index contributed by atoms with van der Waals surface area (Å²) >= 11 is 6.34. The summed E-state index contributed by atoms with van der Waals surface area (Å²) in [6, 6.07) is 13.8. The van der Waals surface area contributed by atoms with Crippen molar-refractivity contribution < 1.29 is 27.9 Å². The summed E-state index contributed by atoms with van der Waals surface area (Å²) in [5.41, 5.74) is 4.92. The number of fused-ring (bicyclic) bond motifs is 1. The van der Waals surface area contributed by atoms with Gasteiger partial charge in [-0.2, -0.15) is 13.2 Å². The van der Waals surface area contributed by atoms with Gasteiger partial charge in [0, 0.05) is 49.9 Å². The van der Waals surface area contributed by atoms with Crippen LogP contribution in [0.25, 0.3) is 0 Å². The summed E-state index contributed by atoms with van der Waals surface area (Å²) in [4.78, 5) is 35.0. The maximum atomic E-state index is 12.9. The van der Waals surface area contributed by atoms with Gasteiger partial charge in [-0.3, -0.25) is 9.78 Å². The Balaban J connectivity index is 0.000000426. The third-order valence-electron chi connectivity index (χ3n) is 6.28. The van der Waals surface area contributed by atoms with Crippen LogP contribution >= 0.6 is 11.6 Å². The fourth-order valence-corrected chi connectivity index (χ4v) is 4.55. The number of hydrogen-bond acceptors (Lipinski definition) is 6. The molecule has 3 aromatic rings. The number of nitrogens with one attached hydrogen (secondary N) is 1. The average molecular weight is 548 g/mol. The Hall–Kier alpha value is -3.86. The van der Waals surface area contributed by atoms with Gasteiger partial charge in [0.2, 0.25) is 0 Å². The first kappa shape index (κ1) is 27.2. The fourth-order valence-electron chi connectivity index (χ4n) is 4.36. The molecule has 12 heteroatoms. The molecule has 1 amide bonds. The number of carboxylic acid groups (broad SMARTS) is 1. The van der Waals surface area contributed by atoms with Gasteiger partial charge in [-0.25, -0.2) is 9.78 Å². The zero-order valence-electron chi connectivity index (χ0n) is 20.2. The van der Waals surface area contributed by atoms with Crippen LogP contribution < -0.4 is 15.1 Å². The number of nitrogens with zero attached hydrogens (tertiary/aromatic N) is 4. The molecule has 0 spiro atoms. The molecule has 8 nitrogen and oxygen atoms in total. The van der Waals surface area contributed by atoms with Crippen molar-refractivity contribution in [2.45, 2.75) is 25.4 Å². The van der Waals surface area contributed by atoms with E-state index in [-0.39, 0.29) is 11.6 Å². The topological polar surface area (TPSA) is 98.7 Å². The molecule has 38 heavy (non-hydrogen) atoms. The second-order valence-corrected chi connectivity index (χ2v) is 9.18. The van der Waals surface area contributed by atoms with Gasteiger partial charge in [-0.05, 0) is 66.8 Å². The van der Waals surface area contributed by atoms with Crippen molar-refractivity contribution in [1.82, 2.24) is 9.97 Å². The molecule has 0 unspecified atom stereocenters. The normalized spacial score (nSPS) is 14.8. The van der Waals surface area contributed by atoms with E-state index in [4.69, 9.17) is 21.5 Å². The molecule has 5 rings (SSSR count). The summed E-state index contributed by atoms with van der Waals surface area (Å²) in [6.45, 7) is 3.40. The molecule has 2 aromatic heterocycles. The third-order valence-corrected chi connectivity index (χ3v) is 6.58. The van der Waals surface area contributed by atoms with Crippen molar-refractivity contribution in [3.05, 3.63) is 76.7 Å². The molecule has 2 N–H and O–H groups in total. The van der Waals surface area contributed by atoms with Crippen molar-refractivity contribution in [3.63, 3.8) is 0 Å². The molecule has 0 radical (unpaired) electrons. The van der Waals surface area contributed by atoms with E-state index in [1.807, 2.05) is 36.7 Å². The Morgan fingerprint density at radius 3 is 2.21 bits per heavy atom. The number of carbonyl (C=O) groups is 2. The largest absolute Gasteiger partial charge is 0.490 e. The minimum absolute atomic E-state index is 0.260. The molecule has 0 atom stereocenters. The molecular formula is C26H25ClF3N5O3. The lowest BCUT2D eigenvalue weighted by Crippen LogP contribution is -2.47. The van der Waals surface area contributed by atoms with E-state index in [1.54, 1.807) is 6.07 Å². The quantitative estimate of drug-likeness (QED) is 0.483. The van der Waals surface area contributed by atoms with Crippen molar-refractivity contribution >= 4 is 40.7 Å². The van der Waals surface area contributed by atoms with E-state index in [9.17, 15) is 18.0 Å². The van der Waals surface area contributed by atoms with Crippen LogP contribution in [0.1, 0.15) is 28.0 Å². The number of halogens is 4. The number of rotatable bonds is 4. The summed E-state index contributed by atoms with van der Waals surface area (Å²) < 4.78 is 31.7. The Morgan fingerprint density at radius 1 is 0.921 bits per heavy atom. The summed E-state index contributed by atoms with van der Waals surface area (Å²) in [6.07, 6.45) is 1.91. The van der Waals surface area contributed by atoms with Crippen LogP contribution in [0.2, 0.25) is 5.02 Å². The van der Waals surface area contributed by atoms with Crippen molar-refractivity contribution in [2.24, 2.45) is 0 Å². The van der Waals surface area contributed by atoms with Gasteiger partial charge < -0.3 is 20.2 Å². The molecule has 2 aliphatic rings. The van der Waals surface area contributed by atoms with Gasteiger partial charge in [-0.15, -0.1) is 0 Å². The molecule has 1 aliphatic heterocycles. The number of aromatic nitrogens is 2. The average Bonchev–Trinajstić information content (AvgIpc) is 3.37. The van der Waals surface area contributed by atoms with E-state index in [0.29, 0.717) is 5.02 Å². The standard InChI is InChI=1S/C24H24ClN5O.C2HF3O2/c25-21-6-7-22(30-14-12-29(13-15-30)20-8-10-26-11-9-20)28-23(21)24(31)27-19-5-4-17-2-1-3-18(17)16-19;3-2(4,5)1(6)7/h4-11,16H,1-3,12-15H2,(H,27,31);(H,6,7). The number of amides is 1. The maximum Gasteiger partial charge on any atom is 0.490 e. The highest BCUT2D eigenvalue weighted by Crippen LogP contribution is 2.26. The monoisotopic (exact) mass is 547 g/mol. The third kappa shape index (κ3) is 6.71. The smallest absolute Gasteiger partial charge is 0.475 e. The second kappa shape index (κ2) is 11.7. The first-order chi connectivity index (χ1) is 18.1. The number of piperazine rings is 1. The number of carboxylic acids is 1. The zero-order valence-corrected chi connectivity index (χ0v) is 21.0. The fraction of sp³-hybridized carbons (Fsp3) is 0.308. The molecule has 200 valence electrons.